The Hall–Kier alpha value is -3.60. The zero-order chi connectivity index (χ0) is 21.9. The standard InChI is InChI=1S/C26H29N3O2/c1-2-24(21-12-7-4-8-13-21)29-26(31)19-27-22-14-9-15-23(18-22)28-25(30)17-16-20-10-5-3-6-11-20/h3-15,18,24,27H,2,16-17,19H2,1H3,(H,28,30)(H,29,31). The maximum absolute atomic E-state index is 12.4. The zero-order valence-electron chi connectivity index (χ0n) is 17.8. The number of rotatable bonds is 10. The van der Waals surface area contributed by atoms with Gasteiger partial charge in [-0.15, -0.1) is 0 Å². The molecule has 0 aliphatic carbocycles. The molecule has 3 aromatic carbocycles. The molecule has 5 nitrogen and oxygen atoms in total. The molecule has 0 aliphatic heterocycles. The molecule has 1 atom stereocenters. The van der Waals surface area contributed by atoms with Crippen LogP contribution >= 0.6 is 0 Å². The molecule has 2 amide bonds. The fourth-order valence-corrected chi connectivity index (χ4v) is 3.37. The Labute approximate surface area is 183 Å². The topological polar surface area (TPSA) is 70.2 Å². The van der Waals surface area contributed by atoms with E-state index in [2.05, 4.69) is 22.9 Å². The highest BCUT2D eigenvalue weighted by atomic mass is 16.2. The largest absolute Gasteiger partial charge is 0.376 e. The molecule has 3 N–H and O–H groups in total. The van der Waals surface area contributed by atoms with Crippen molar-refractivity contribution in [3.05, 3.63) is 96.1 Å². The second-order valence-electron chi connectivity index (χ2n) is 7.41. The van der Waals surface area contributed by atoms with E-state index in [1.807, 2.05) is 84.9 Å². The van der Waals surface area contributed by atoms with E-state index in [-0.39, 0.29) is 24.4 Å². The van der Waals surface area contributed by atoms with Crippen molar-refractivity contribution in [1.29, 1.82) is 0 Å². The average Bonchev–Trinajstić information content (AvgIpc) is 2.81. The Kier molecular flexibility index (Phi) is 8.23. The highest BCUT2D eigenvalue weighted by molar-refractivity contribution is 5.91. The van der Waals surface area contributed by atoms with Gasteiger partial charge < -0.3 is 16.0 Å². The number of anilines is 2. The minimum Gasteiger partial charge on any atom is -0.376 e. The molecule has 0 heterocycles. The summed E-state index contributed by atoms with van der Waals surface area (Å²) in [5.74, 6) is -0.111. The van der Waals surface area contributed by atoms with E-state index in [0.717, 1.165) is 23.2 Å². The fourth-order valence-electron chi connectivity index (χ4n) is 3.37. The Balaban J connectivity index is 1.47. The monoisotopic (exact) mass is 415 g/mol. The summed E-state index contributed by atoms with van der Waals surface area (Å²) < 4.78 is 0. The van der Waals surface area contributed by atoms with Crippen LogP contribution < -0.4 is 16.0 Å². The first kappa shape index (κ1) is 22.1. The van der Waals surface area contributed by atoms with Gasteiger partial charge in [-0.3, -0.25) is 9.59 Å². The van der Waals surface area contributed by atoms with Gasteiger partial charge in [-0.25, -0.2) is 0 Å². The van der Waals surface area contributed by atoms with Gasteiger partial charge in [0, 0.05) is 17.8 Å². The maximum atomic E-state index is 12.4. The van der Waals surface area contributed by atoms with E-state index in [1.54, 1.807) is 0 Å². The van der Waals surface area contributed by atoms with Gasteiger partial charge >= 0.3 is 0 Å². The lowest BCUT2D eigenvalue weighted by atomic mass is 10.0. The van der Waals surface area contributed by atoms with Crippen molar-refractivity contribution in [2.75, 3.05) is 17.2 Å². The van der Waals surface area contributed by atoms with Gasteiger partial charge in [0.1, 0.15) is 0 Å². The Morgan fingerprint density at radius 2 is 1.48 bits per heavy atom. The number of benzene rings is 3. The smallest absolute Gasteiger partial charge is 0.239 e. The minimum absolute atomic E-state index is 0.00858. The first-order chi connectivity index (χ1) is 15.1. The van der Waals surface area contributed by atoms with Crippen LogP contribution in [0.3, 0.4) is 0 Å². The first-order valence-electron chi connectivity index (χ1n) is 10.7. The van der Waals surface area contributed by atoms with E-state index >= 15 is 0 Å². The molecule has 3 aromatic rings. The van der Waals surface area contributed by atoms with Gasteiger partial charge in [0.05, 0.1) is 12.6 Å². The van der Waals surface area contributed by atoms with Crippen LogP contribution in [0.4, 0.5) is 11.4 Å². The number of hydrogen-bond acceptors (Lipinski definition) is 3. The second-order valence-corrected chi connectivity index (χ2v) is 7.41. The lowest BCUT2D eigenvalue weighted by molar-refractivity contribution is -0.120. The zero-order valence-corrected chi connectivity index (χ0v) is 17.8. The number of carbonyl (C=O) groups excluding carboxylic acids is 2. The van der Waals surface area contributed by atoms with Gasteiger partial charge in [-0.05, 0) is 42.2 Å². The maximum Gasteiger partial charge on any atom is 0.239 e. The van der Waals surface area contributed by atoms with Gasteiger partial charge in [0.2, 0.25) is 11.8 Å². The molecule has 0 fully saturated rings. The predicted molar refractivity (Wildman–Crippen MR) is 126 cm³/mol. The summed E-state index contributed by atoms with van der Waals surface area (Å²) in [6, 6.07) is 27.3. The predicted octanol–water partition coefficient (Wildman–Crippen LogP) is 4.94. The summed E-state index contributed by atoms with van der Waals surface area (Å²) in [4.78, 5) is 24.7. The van der Waals surface area contributed by atoms with Crippen LogP contribution in [-0.2, 0) is 16.0 Å². The Bertz CT molecular complexity index is 974. The summed E-state index contributed by atoms with van der Waals surface area (Å²) in [7, 11) is 0. The third-order valence-corrected chi connectivity index (χ3v) is 5.03. The Morgan fingerprint density at radius 1 is 0.806 bits per heavy atom. The molecule has 0 aromatic heterocycles. The highest BCUT2D eigenvalue weighted by Gasteiger charge is 2.12. The molecule has 1 unspecified atom stereocenters. The molecule has 0 spiro atoms. The SMILES string of the molecule is CCC(NC(=O)CNc1cccc(NC(=O)CCc2ccccc2)c1)c1ccccc1. The van der Waals surface area contributed by atoms with Crippen molar-refractivity contribution in [3.63, 3.8) is 0 Å². The number of hydrogen-bond donors (Lipinski definition) is 3. The van der Waals surface area contributed by atoms with Crippen molar-refractivity contribution < 1.29 is 9.59 Å². The van der Waals surface area contributed by atoms with E-state index in [9.17, 15) is 9.59 Å². The van der Waals surface area contributed by atoms with Crippen molar-refractivity contribution in [2.45, 2.75) is 32.2 Å². The van der Waals surface area contributed by atoms with E-state index in [0.29, 0.717) is 18.5 Å². The molecule has 0 aliphatic rings. The van der Waals surface area contributed by atoms with Crippen molar-refractivity contribution >= 4 is 23.2 Å². The summed E-state index contributed by atoms with van der Waals surface area (Å²) in [5.41, 5.74) is 3.72. The molecule has 0 radical (unpaired) electrons. The van der Waals surface area contributed by atoms with Gasteiger partial charge in [0.15, 0.2) is 0 Å². The molecule has 0 bridgehead atoms. The highest BCUT2D eigenvalue weighted by Crippen LogP contribution is 2.17. The van der Waals surface area contributed by atoms with Crippen LogP contribution in [0.1, 0.15) is 36.9 Å². The van der Waals surface area contributed by atoms with E-state index in [4.69, 9.17) is 0 Å². The normalized spacial score (nSPS) is 11.4. The van der Waals surface area contributed by atoms with Crippen LogP contribution in [0.2, 0.25) is 0 Å². The third-order valence-electron chi connectivity index (χ3n) is 5.03. The molecule has 0 saturated heterocycles. The summed E-state index contributed by atoms with van der Waals surface area (Å²) >= 11 is 0. The number of carbonyl (C=O) groups is 2. The summed E-state index contributed by atoms with van der Waals surface area (Å²) in [6.45, 7) is 2.21. The van der Waals surface area contributed by atoms with Crippen molar-refractivity contribution in [3.8, 4) is 0 Å². The molecule has 0 saturated carbocycles. The van der Waals surface area contributed by atoms with Crippen LogP contribution in [0.15, 0.2) is 84.9 Å². The van der Waals surface area contributed by atoms with Gasteiger partial charge in [-0.2, -0.15) is 0 Å². The van der Waals surface area contributed by atoms with Crippen molar-refractivity contribution in [2.24, 2.45) is 0 Å². The molecular weight excluding hydrogens is 386 g/mol. The quantitative estimate of drug-likeness (QED) is 0.439. The summed E-state index contributed by atoms with van der Waals surface area (Å²) in [5, 5.41) is 9.12. The second kappa shape index (κ2) is 11.6. The lowest BCUT2D eigenvalue weighted by Gasteiger charge is -2.18. The molecule has 3 rings (SSSR count). The first-order valence-corrected chi connectivity index (χ1v) is 10.7. The lowest BCUT2D eigenvalue weighted by Crippen LogP contribution is -2.33. The van der Waals surface area contributed by atoms with Crippen LogP contribution in [0.25, 0.3) is 0 Å². The molecule has 5 heteroatoms. The van der Waals surface area contributed by atoms with E-state index < -0.39 is 0 Å². The van der Waals surface area contributed by atoms with E-state index in [1.165, 1.54) is 0 Å². The van der Waals surface area contributed by atoms with Gasteiger partial charge in [-0.1, -0.05) is 73.7 Å². The minimum atomic E-state index is -0.0759. The molecular formula is C26H29N3O2. The number of nitrogens with one attached hydrogen (secondary N) is 3. The fraction of sp³-hybridized carbons (Fsp3) is 0.231. The molecule has 160 valence electrons. The van der Waals surface area contributed by atoms with Crippen molar-refractivity contribution in [1.82, 2.24) is 5.32 Å². The van der Waals surface area contributed by atoms with Crippen LogP contribution in [0, 0.1) is 0 Å². The number of amides is 2. The summed E-state index contributed by atoms with van der Waals surface area (Å²) in [6.07, 6.45) is 1.94. The van der Waals surface area contributed by atoms with Gasteiger partial charge in [0.25, 0.3) is 0 Å². The third kappa shape index (κ3) is 7.30. The Morgan fingerprint density at radius 3 is 2.19 bits per heavy atom. The van der Waals surface area contributed by atoms with Crippen LogP contribution in [-0.4, -0.2) is 18.4 Å². The average molecular weight is 416 g/mol. The molecule has 31 heavy (non-hydrogen) atoms. The van der Waals surface area contributed by atoms with Crippen LogP contribution in [0.5, 0.6) is 0 Å². The number of aryl methyl sites for hydroxylation is 1.